The Bertz CT molecular complexity index is 752. The van der Waals surface area contributed by atoms with Crippen molar-refractivity contribution in [1.82, 2.24) is 9.80 Å². The minimum absolute atomic E-state index is 0.0721. The third-order valence-corrected chi connectivity index (χ3v) is 5.22. The molecule has 5 nitrogen and oxygen atoms in total. The molecule has 0 aliphatic carbocycles. The first-order valence-electron chi connectivity index (χ1n) is 8.14. The number of piperazine rings is 1. The first-order chi connectivity index (χ1) is 12.0. The number of hydrogen-bond donors (Lipinski definition) is 1. The molecule has 1 N–H and O–H groups in total. The molecular weight excluding hydrogens is 341 g/mol. The van der Waals surface area contributed by atoms with Crippen molar-refractivity contribution in [3.63, 3.8) is 0 Å². The summed E-state index contributed by atoms with van der Waals surface area (Å²) in [5.41, 5.74) is 1.59. The van der Waals surface area contributed by atoms with Crippen molar-refractivity contribution < 1.29 is 14.0 Å². The highest BCUT2D eigenvalue weighted by Gasteiger charge is 2.24. The Labute approximate surface area is 150 Å². The second kappa shape index (κ2) is 7.76. The summed E-state index contributed by atoms with van der Waals surface area (Å²) >= 11 is 1.47. The van der Waals surface area contributed by atoms with Crippen molar-refractivity contribution in [2.75, 3.05) is 38.0 Å². The molecule has 0 unspecified atom stereocenters. The minimum atomic E-state index is -0.334. The summed E-state index contributed by atoms with van der Waals surface area (Å²) in [5.74, 6) is -0.400. The van der Waals surface area contributed by atoms with E-state index in [1.165, 1.54) is 35.6 Å². The normalized spacial score (nSPS) is 15.2. The monoisotopic (exact) mass is 361 g/mol. The number of carbonyl (C=O) groups excluding carboxylic acids is 2. The molecule has 2 aromatic rings. The molecule has 2 amide bonds. The number of hydrogen-bond acceptors (Lipinski definition) is 4. The number of rotatable bonds is 4. The van der Waals surface area contributed by atoms with Gasteiger partial charge in [0.05, 0.1) is 11.4 Å². The van der Waals surface area contributed by atoms with Gasteiger partial charge in [0.25, 0.3) is 5.91 Å². The minimum Gasteiger partial charge on any atom is -0.335 e. The zero-order valence-electron chi connectivity index (χ0n) is 14.0. The molecule has 2 heterocycles. The SMILES string of the molecule is Cc1ccsc1C(=O)N1CCN(CC(=O)Nc2ccc(F)cc2)CC1. The Morgan fingerprint density at radius 3 is 2.40 bits per heavy atom. The van der Waals surface area contributed by atoms with Crippen LogP contribution in [0.4, 0.5) is 10.1 Å². The van der Waals surface area contributed by atoms with Crippen LogP contribution in [0.15, 0.2) is 35.7 Å². The van der Waals surface area contributed by atoms with E-state index in [0.29, 0.717) is 31.9 Å². The van der Waals surface area contributed by atoms with Crippen LogP contribution in [0.3, 0.4) is 0 Å². The number of halogens is 1. The summed E-state index contributed by atoms with van der Waals surface area (Å²) in [4.78, 5) is 29.2. The van der Waals surface area contributed by atoms with Gasteiger partial charge in [-0.3, -0.25) is 14.5 Å². The maximum absolute atomic E-state index is 12.9. The van der Waals surface area contributed by atoms with Crippen molar-refractivity contribution >= 4 is 28.8 Å². The quantitative estimate of drug-likeness (QED) is 0.911. The van der Waals surface area contributed by atoms with Crippen LogP contribution in [0.5, 0.6) is 0 Å². The number of nitrogens with zero attached hydrogens (tertiary/aromatic N) is 2. The molecule has 7 heteroatoms. The first-order valence-corrected chi connectivity index (χ1v) is 9.02. The fourth-order valence-corrected chi connectivity index (χ4v) is 3.67. The van der Waals surface area contributed by atoms with Crippen LogP contribution < -0.4 is 5.32 Å². The summed E-state index contributed by atoms with van der Waals surface area (Å²) in [7, 11) is 0. The Balaban J connectivity index is 1.47. The summed E-state index contributed by atoms with van der Waals surface area (Å²) < 4.78 is 12.9. The summed E-state index contributed by atoms with van der Waals surface area (Å²) in [5, 5.41) is 4.68. The lowest BCUT2D eigenvalue weighted by atomic mass is 10.2. The van der Waals surface area contributed by atoms with Gasteiger partial charge in [0.15, 0.2) is 0 Å². The van der Waals surface area contributed by atoms with Crippen molar-refractivity contribution in [1.29, 1.82) is 0 Å². The molecule has 3 rings (SSSR count). The van der Waals surface area contributed by atoms with E-state index in [0.717, 1.165) is 10.4 Å². The average Bonchev–Trinajstić information content (AvgIpc) is 3.03. The van der Waals surface area contributed by atoms with Crippen LogP contribution in [0.25, 0.3) is 0 Å². The van der Waals surface area contributed by atoms with Crippen molar-refractivity contribution in [2.24, 2.45) is 0 Å². The van der Waals surface area contributed by atoms with Crippen molar-refractivity contribution in [3.8, 4) is 0 Å². The third-order valence-electron chi connectivity index (χ3n) is 4.21. The fourth-order valence-electron chi connectivity index (χ4n) is 2.78. The van der Waals surface area contributed by atoms with E-state index in [4.69, 9.17) is 0 Å². The molecule has 1 aliphatic rings. The summed E-state index contributed by atoms with van der Waals surface area (Å²) in [6.45, 7) is 4.75. The van der Waals surface area contributed by atoms with Gasteiger partial charge in [-0.2, -0.15) is 0 Å². The second-order valence-corrected chi connectivity index (χ2v) is 6.97. The van der Waals surface area contributed by atoms with Crippen LogP contribution in [0.1, 0.15) is 15.2 Å². The predicted molar refractivity (Wildman–Crippen MR) is 96.4 cm³/mol. The Hall–Kier alpha value is -2.25. The number of benzene rings is 1. The lowest BCUT2D eigenvalue weighted by Gasteiger charge is -2.34. The molecular formula is C18H20FN3O2S. The fraction of sp³-hybridized carbons (Fsp3) is 0.333. The van der Waals surface area contributed by atoms with Gasteiger partial charge in [0.2, 0.25) is 5.91 Å². The standard InChI is InChI=1S/C18H20FN3O2S/c1-13-6-11-25-17(13)18(24)22-9-7-21(8-10-22)12-16(23)20-15-4-2-14(19)3-5-15/h2-6,11H,7-10,12H2,1H3,(H,20,23). The van der Waals surface area contributed by atoms with Gasteiger partial charge in [-0.15, -0.1) is 11.3 Å². The zero-order valence-corrected chi connectivity index (χ0v) is 14.8. The number of aryl methyl sites for hydroxylation is 1. The molecule has 0 atom stereocenters. The van der Waals surface area contributed by atoms with Crippen LogP contribution in [-0.4, -0.2) is 54.3 Å². The average molecular weight is 361 g/mol. The van der Waals surface area contributed by atoms with Gasteiger partial charge in [-0.1, -0.05) is 0 Å². The van der Waals surface area contributed by atoms with Gasteiger partial charge in [-0.25, -0.2) is 4.39 Å². The molecule has 1 aliphatic heterocycles. The maximum atomic E-state index is 12.9. The van der Waals surface area contributed by atoms with E-state index in [2.05, 4.69) is 5.32 Å². The van der Waals surface area contributed by atoms with E-state index in [9.17, 15) is 14.0 Å². The van der Waals surface area contributed by atoms with Crippen molar-refractivity contribution in [3.05, 3.63) is 52.0 Å². The van der Waals surface area contributed by atoms with Crippen LogP contribution in [0.2, 0.25) is 0 Å². The van der Waals surface area contributed by atoms with Gasteiger partial charge >= 0.3 is 0 Å². The third kappa shape index (κ3) is 4.43. The molecule has 0 spiro atoms. The van der Waals surface area contributed by atoms with Gasteiger partial charge in [0, 0.05) is 31.9 Å². The molecule has 0 radical (unpaired) electrons. The molecule has 1 saturated heterocycles. The number of anilines is 1. The van der Waals surface area contributed by atoms with Gasteiger partial charge in [-0.05, 0) is 48.2 Å². The molecule has 1 aromatic carbocycles. The van der Waals surface area contributed by atoms with E-state index >= 15 is 0 Å². The number of thiophene rings is 1. The molecule has 132 valence electrons. The molecule has 1 aromatic heterocycles. The van der Waals surface area contributed by atoms with E-state index in [-0.39, 0.29) is 24.2 Å². The predicted octanol–water partition coefficient (Wildman–Crippen LogP) is 2.59. The topological polar surface area (TPSA) is 52.7 Å². The molecule has 1 fully saturated rings. The number of amides is 2. The lowest BCUT2D eigenvalue weighted by Crippen LogP contribution is -2.50. The largest absolute Gasteiger partial charge is 0.335 e. The molecule has 0 bridgehead atoms. The van der Waals surface area contributed by atoms with E-state index in [1.807, 2.05) is 28.2 Å². The van der Waals surface area contributed by atoms with Crippen molar-refractivity contribution in [2.45, 2.75) is 6.92 Å². The highest BCUT2D eigenvalue weighted by molar-refractivity contribution is 7.12. The van der Waals surface area contributed by atoms with Gasteiger partial charge in [0.1, 0.15) is 5.82 Å². The Morgan fingerprint density at radius 2 is 1.80 bits per heavy atom. The smallest absolute Gasteiger partial charge is 0.264 e. The van der Waals surface area contributed by atoms with E-state index in [1.54, 1.807) is 0 Å². The summed E-state index contributed by atoms with van der Waals surface area (Å²) in [6, 6.07) is 7.65. The number of carbonyl (C=O) groups is 2. The van der Waals surface area contributed by atoms with Crippen LogP contribution in [0, 0.1) is 12.7 Å². The summed E-state index contributed by atoms with van der Waals surface area (Å²) in [6.07, 6.45) is 0. The second-order valence-electron chi connectivity index (χ2n) is 6.06. The van der Waals surface area contributed by atoms with Crippen LogP contribution >= 0.6 is 11.3 Å². The van der Waals surface area contributed by atoms with Crippen LogP contribution in [-0.2, 0) is 4.79 Å². The molecule has 25 heavy (non-hydrogen) atoms. The highest BCUT2D eigenvalue weighted by atomic mass is 32.1. The maximum Gasteiger partial charge on any atom is 0.264 e. The molecule has 0 saturated carbocycles. The lowest BCUT2D eigenvalue weighted by molar-refractivity contribution is -0.117. The van der Waals surface area contributed by atoms with E-state index < -0.39 is 0 Å². The Kier molecular flexibility index (Phi) is 5.45. The first kappa shape index (κ1) is 17.6. The highest BCUT2D eigenvalue weighted by Crippen LogP contribution is 2.19. The van der Waals surface area contributed by atoms with Gasteiger partial charge < -0.3 is 10.2 Å². The number of nitrogens with one attached hydrogen (secondary N) is 1. The zero-order chi connectivity index (χ0) is 17.8. The Morgan fingerprint density at radius 1 is 1.12 bits per heavy atom.